The van der Waals surface area contributed by atoms with Gasteiger partial charge in [-0.15, -0.1) is 0 Å². The molecule has 1 fully saturated rings. The molecule has 148 valence electrons. The molecule has 2 N–H and O–H groups in total. The van der Waals surface area contributed by atoms with E-state index in [-0.39, 0.29) is 30.4 Å². The van der Waals surface area contributed by atoms with Crippen LogP contribution in [-0.4, -0.2) is 39.9 Å². The Morgan fingerprint density at radius 3 is 2.54 bits per heavy atom. The van der Waals surface area contributed by atoms with Gasteiger partial charge in [0.15, 0.2) is 0 Å². The van der Waals surface area contributed by atoms with Gasteiger partial charge in [-0.25, -0.2) is 4.98 Å². The minimum absolute atomic E-state index is 0.00740. The monoisotopic (exact) mass is 393 g/mol. The van der Waals surface area contributed by atoms with Gasteiger partial charge in [-0.05, 0) is 36.2 Å². The van der Waals surface area contributed by atoms with E-state index in [2.05, 4.69) is 10.3 Å². The molecule has 1 atom stereocenters. The summed E-state index contributed by atoms with van der Waals surface area (Å²) in [5.74, 6) is -1.02. The first-order valence-corrected chi connectivity index (χ1v) is 8.62. The third kappa shape index (κ3) is 4.79. The second-order valence-corrected chi connectivity index (χ2v) is 6.58. The van der Waals surface area contributed by atoms with Gasteiger partial charge < -0.3 is 15.3 Å². The highest BCUT2D eigenvalue weighted by molar-refractivity contribution is 5.96. The number of halogens is 3. The normalized spacial score (nSPS) is 17.0. The molecule has 1 aromatic carbocycles. The molecular formula is C19H18F3N3O3. The topological polar surface area (TPSA) is 82.5 Å². The number of nitrogens with zero attached hydrogens (tertiary/aromatic N) is 2. The fraction of sp³-hybridized carbons (Fsp3) is 0.316. The summed E-state index contributed by atoms with van der Waals surface area (Å²) in [4.78, 5) is 29.6. The van der Waals surface area contributed by atoms with Crippen LogP contribution in [0.4, 0.5) is 19.0 Å². The molecule has 1 saturated heterocycles. The first-order chi connectivity index (χ1) is 13.2. The van der Waals surface area contributed by atoms with Gasteiger partial charge >= 0.3 is 6.18 Å². The SMILES string of the molecule is O=C(Nc1ccc(C(F)(F)F)cn1)C1CC(=O)N(CCc2ccc(O)cc2)C1. The molecule has 28 heavy (non-hydrogen) atoms. The molecule has 2 heterocycles. The Morgan fingerprint density at radius 1 is 1.21 bits per heavy atom. The number of phenolic OH excluding ortho intramolecular Hbond substituents is 1. The maximum absolute atomic E-state index is 12.5. The summed E-state index contributed by atoms with van der Waals surface area (Å²) in [6, 6.07) is 8.57. The number of carbonyl (C=O) groups is 2. The van der Waals surface area contributed by atoms with Gasteiger partial charge in [-0.2, -0.15) is 13.2 Å². The van der Waals surface area contributed by atoms with E-state index in [1.807, 2.05) is 0 Å². The number of amides is 2. The Hall–Kier alpha value is -3.10. The predicted octanol–water partition coefficient (Wildman–Crippen LogP) is 2.84. The molecule has 1 aliphatic heterocycles. The number of pyridine rings is 1. The van der Waals surface area contributed by atoms with Crippen molar-refractivity contribution in [3.8, 4) is 5.75 Å². The summed E-state index contributed by atoms with van der Waals surface area (Å²) in [6.07, 6.45) is -3.21. The van der Waals surface area contributed by atoms with Crippen molar-refractivity contribution in [2.75, 3.05) is 18.4 Å². The summed E-state index contributed by atoms with van der Waals surface area (Å²) in [5.41, 5.74) is 0.0504. The van der Waals surface area contributed by atoms with Crippen molar-refractivity contribution in [3.63, 3.8) is 0 Å². The van der Waals surface area contributed by atoms with Crippen LogP contribution in [0.2, 0.25) is 0 Å². The van der Waals surface area contributed by atoms with Gasteiger partial charge in [-0.1, -0.05) is 12.1 Å². The molecule has 1 aliphatic rings. The summed E-state index contributed by atoms with van der Waals surface area (Å²) in [6.45, 7) is 0.676. The zero-order chi connectivity index (χ0) is 20.3. The van der Waals surface area contributed by atoms with Crippen molar-refractivity contribution >= 4 is 17.6 Å². The molecule has 2 amide bonds. The summed E-state index contributed by atoms with van der Waals surface area (Å²) in [5, 5.41) is 11.7. The lowest BCUT2D eigenvalue weighted by Gasteiger charge is -2.16. The summed E-state index contributed by atoms with van der Waals surface area (Å²) < 4.78 is 37.6. The third-order valence-electron chi connectivity index (χ3n) is 4.53. The van der Waals surface area contributed by atoms with Gasteiger partial charge in [0.1, 0.15) is 11.6 Å². The first-order valence-electron chi connectivity index (χ1n) is 8.62. The van der Waals surface area contributed by atoms with E-state index in [1.165, 1.54) is 0 Å². The smallest absolute Gasteiger partial charge is 0.417 e. The molecule has 2 aromatic rings. The van der Waals surface area contributed by atoms with Crippen LogP contribution in [0.5, 0.6) is 5.75 Å². The number of nitrogens with one attached hydrogen (secondary N) is 1. The predicted molar refractivity (Wildman–Crippen MR) is 94.4 cm³/mol. The zero-order valence-electron chi connectivity index (χ0n) is 14.7. The largest absolute Gasteiger partial charge is 0.508 e. The van der Waals surface area contributed by atoms with Crippen molar-refractivity contribution in [2.24, 2.45) is 5.92 Å². The number of alkyl halides is 3. The van der Waals surface area contributed by atoms with Crippen LogP contribution < -0.4 is 5.32 Å². The molecule has 0 bridgehead atoms. The highest BCUT2D eigenvalue weighted by Crippen LogP contribution is 2.29. The van der Waals surface area contributed by atoms with Gasteiger partial charge in [0.25, 0.3) is 0 Å². The summed E-state index contributed by atoms with van der Waals surface area (Å²) >= 11 is 0. The molecule has 0 radical (unpaired) electrons. The van der Waals surface area contributed by atoms with Gasteiger partial charge in [0.2, 0.25) is 11.8 Å². The lowest BCUT2D eigenvalue weighted by atomic mass is 10.1. The number of aromatic hydroxyl groups is 1. The molecule has 1 aromatic heterocycles. The zero-order valence-corrected chi connectivity index (χ0v) is 14.7. The fourth-order valence-corrected chi connectivity index (χ4v) is 2.95. The number of hydrogen-bond donors (Lipinski definition) is 2. The molecule has 1 unspecified atom stereocenters. The van der Waals surface area contributed by atoms with E-state index < -0.39 is 23.6 Å². The molecule has 9 heteroatoms. The highest BCUT2D eigenvalue weighted by atomic mass is 19.4. The van der Waals surface area contributed by atoms with Gasteiger partial charge in [0, 0.05) is 25.7 Å². The molecule has 0 spiro atoms. The number of phenols is 1. The lowest BCUT2D eigenvalue weighted by Crippen LogP contribution is -2.30. The van der Waals surface area contributed by atoms with Crippen LogP contribution in [0.15, 0.2) is 42.6 Å². The molecule has 0 aliphatic carbocycles. The molecule has 0 saturated carbocycles. The highest BCUT2D eigenvalue weighted by Gasteiger charge is 2.34. The minimum atomic E-state index is -4.49. The fourth-order valence-electron chi connectivity index (χ4n) is 2.95. The Balaban J connectivity index is 1.53. The quantitative estimate of drug-likeness (QED) is 0.819. The van der Waals surface area contributed by atoms with E-state index in [0.29, 0.717) is 19.2 Å². The number of anilines is 1. The van der Waals surface area contributed by atoms with E-state index >= 15 is 0 Å². The Labute approximate surface area is 159 Å². The minimum Gasteiger partial charge on any atom is -0.508 e. The first kappa shape index (κ1) is 19.7. The second-order valence-electron chi connectivity index (χ2n) is 6.58. The van der Waals surface area contributed by atoms with Gasteiger partial charge in [0.05, 0.1) is 11.5 Å². The second kappa shape index (κ2) is 7.87. The van der Waals surface area contributed by atoms with Crippen molar-refractivity contribution < 1.29 is 27.9 Å². The van der Waals surface area contributed by atoms with Crippen molar-refractivity contribution in [3.05, 3.63) is 53.7 Å². The van der Waals surface area contributed by atoms with Crippen LogP contribution in [0.3, 0.4) is 0 Å². The van der Waals surface area contributed by atoms with Crippen LogP contribution in [0.25, 0.3) is 0 Å². The molecular weight excluding hydrogens is 375 g/mol. The number of likely N-dealkylation sites (tertiary alicyclic amines) is 1. The maximum Gasteiger partial charge on any atom is 0.417 e. The maximum atomic E-state index is 12.5. The van der Waals surface area contributed by atoms with Crippen LogP contribution in [-0.2, 0) is 22.2 Å². The average Bonchev–Trinajstić information content (AvgIpc) is 3.02. The van der Waals surface area contributed by atoms with Crippen molar-refractivity contribution in [2.45, 2.75) is 19.0 Å². The van der Waals surface area contributed by atoms with Crippen LogP contribution in [0.1, 0.15) is 17.5 Å². The Bertz CT molecular complexity index is 851. The van der Waals surface area contributed by atoms with Crippen molar-refractivity contribution in [1.82, 2.24) is 9.88 Å². The molecule has 6 nitrogen and oxygen atoms in total. The standard InChI is InChI=1S/C19H18F3N3O3/c20-19(21,22)14-3-6-16(23-10-14)24-18(28)13-9-17(27)25(11-13)8-7-12-1-4-15(26)5-2-12/h1-6,10,13,26H,7-9,11H2,(H,23,24,28). The Morgan fingerprint density at radius 2 is 1.93 bits per heavy atom. The van der Waals surface area contributed by atoms with E-state index in [9.17, 15) is 27.9 Å². The van der Waals surface area contributed by atoms with Gasteiger partial charge in [-0.3, -0.25) is 9.59 Å². The number of rotatable bonds is 5. The number of aromatic nitrogens is 1. The third-order valence-corrected chi connectivity index (χ3v) is 4.53. The molecule has 3 rings (SSSR count). The van der Waals surface area contributed by atoms with Crippen LogP contribution >= 0.6 is 0 Å². The number of hydrogen-bond acceptors (Lipinski definition) is 4. The Kier molecular flexibility index (Phi) is 5.53. The van der Waals surface area contributed by atoms with E-state index in [4.69, 9.17) is 0 Å². The van der Waals surface area contributed by atoms with E-state index in [1.54, 1.807) is 29.2 Å². The summed E-state index contributed by atoms with van der Waals surface area (Å²) in [7, 11) is 0. The number of carbonyl (C=O) groups excluding carboxylic acids is 2. The number of benzene rings is 1. The van der Waals surface area contributed by atoms with Crippen LogP contribution in [0, 0.1) is 5.92 Å². The van der Waals surface area contributed by atoms with Crippen molar-refractivity contribution in [1.29, 1.82) is 0 Å². The lowest BCUT2D eigenvalue weighted by molar-refractivity contribution is -0.137. The average molecular weight is 393 g/mol. The van der Waals surface area contributed by atoms with E-state index in [0.717, 1.165) is 17.7 Å².